The molecule has 1 aromatic carbocycles. The summed E-state index contributed by atoms with van der Waals surface area (Å²) in [7, 11) is 0. The third-order valence-electron chi connectivity index (χ3n) is 2.45. The summed E-state index contributed by atoms with van der Waals surface area (Å²) in [6, 6.07) is 7.42. The smallest absolute Gasteiger partial charge is 0.219 e. The molecule has 0 aliphatic carbocycles. The second-order valence-electron chi connectivity index (χ2n) is 3.56. The van der Waals surface area contributed by atoms with Crippen LogP contribution in [0.25, 0.3) is 10.9 Å². The monoisotopic (exact) mass is 203 g/mol. The summed E-state index contributed by atoms with van der Waals surface area (Å²) in [4.78, 5) is 13.9. The summed E-state index contributed by atoms with van der Waals surface area (Å²) in [6.07, 6.45) is 2.02. The van der Waals surface area contributed by atoms with E-state index in [1.807, 2.05) is 30.5 Å². The number of rotatable bonds is 3. The highest BCUT2D eigenvalue weighted by molar-refractivity contribution is 5.84. The number of fused-ring (bicyclic) bond motifs is 1. The Bertz CT molecular complexity index is 489. The van der Waals surface area contributed by atoms with Crippen molar-refractivity contribution < 1.29 is 4.79 Å². The Balaban J connectivity index is 2.42. The van der Waals surface area contributed by atoms with Gasteiger partial charge in [0.15, 0.2) is 0 Å². The first-order valence-corrected chi connectivity index (χ1v) is 4.78. The van der Waals surface area contributed by atoms with Crippen LogP contribution in [0.5, 0.6) is 0 Å². The highest BCUT2D eigenvalue weighted by Gasteiger charge is 2.12. The van der Waals surface area contributed by atoms with Crippen LogP contribution in [0.4, 0.5) is 0 Å². The van der Waals surface area contributed by atoms with E-state index in [2.05, 4.69) is 4.98 Å². The Kier molecular flexibility index (Phi) is 2.43. The Morgan fingerprint density at radius 2 is 2.20 bits per heavy atom. The van der Waals surface area contributed by atoms with E-state index in [4.69, 9.17) is 11.5 Å². The van der Waals surface area contributed by atoms with E-state index >= 15 is 0 Å². The number of nitrogens with one attached hydrogen (secondary N) is 1. The summed E-state index contributed by atoms with van der Waals surface area (Å²) in [5.41, 5.74) is 13.0. The number of nitrogens with two attached hydrogens (primary N) is 2. The molecule has 0 saturated carbocycles. The zero-order valence-corrected chi connectivity index (χ0v) is 8.23. The van der Waals surface area contributed by atoms with Gasteiger partial charge in [-0.2, -0.15) is 0 Å². The molecule has 0 unspecified atom stereocenters. The predicted molar refractivity (Wildman–Crippen MR) is 59.0 cm³/mol. The minimum atomic E-state index is -0.380. The molecule has 0 fully saturated rings. The standard InChI is InChI=1S/C11H13N3O/c12-9(6-11(13)15)7-2-1-3-10-8(7)4-5-14-10/h1-5,9,14H,6,12H2,(H2,13,15)/t9-/m1/s1. The van der Waals surface area contributed by atoms with Gasteiger partial charge in [-0.1, -0.05) is 12.1 Å². The fourth-order valence-electron chi connectivity index (χ4n) is 1.76. The second kappa shape index (κ2) is 3.74. The van der Waals surface area contributed by atoms with Crippen molar-refractivity contribution in [2.75, 3.05) is 0 Å². The molecule has 1 heterocycles. The summed E-state index contributed by atoms with van der Waals surface area (Å²) >= 11 is 0. The number of benzene rings is 1. The molecule has 2 aromatic rings. The van der Waals surface area contributed by atoms with E-state index in [0.717, 1.165) is 16.5 Å². The molecule has 15 heavy (non-hydrogen) atoms. The van der Waals surface area contributed by atoms with E-state index in [-0.39, 0.29) is 18.4 Å². The van der Waals surface area contributed by atoms with Crippen LogP contribution in [-0.4, -0.2) is 10.9 Å². The van der Waals surface area contributed by atoms with Crippen molar-refractivity contribution in [3.63, 3.8) is 0 Å². The fraction of sp³-hybridized carbons (Fsp3) is 0.182. The zero-order valence-electron chi connectivity index (χ0n) is 8.23. The van der Waals surface area contributed by atoms with Gasteiger partial charge in [0.05, 0.1) is 0 Å². The second-order valence-corrected chi connectivity index (χ2v) is 3.56. The maximum atomic E-state index is 10.8. The molecule has 0 bridgehead atoms. The van der Waals surface area contributed by atoms with Crippen LogP contribution in [0.3, 0.4) is 0 Å². The molecular formula is C11H13N3O. The van der Waals surface area contributed by atoms with Crippen LogP contribution in [0, 0.1) is 0 Å². The predicted octanol–water partition coefficient (Wildman–Crippen LogP) is 1.04. The Hall–Kier alpha value is -1.81. The van der Waals surface area contributed by atoms with Crippen LogP contribution < -0.4 is 11.5 Å². The first-order chi connectivity index (χ1) is 7.18. The summed E-state index contributed by atoms with van der Waals surface area (Å²) < 4.78 is 0. The number of amides is 1. The number of carbonyl (C=O) groups is 1. The van der Waals surface area contributed by atoms with Crippen molar-refractivity contribution in [2.45, 2.75) is 12.5 Å². The molecule has 0 radical (unpaired) electrons. The van der Waals surface area contributed by atoms with Crippen LogP contribution >= 0.6 is 0 Å². The maximum Gasteiger partial charge on any atom is 0.219 e. The van der Waals surface area contributed by atoms with E-state index in [9.17, 15) is 4.79 Å². The lowest BCUT2D eigenvalue weighted by Gasteiger charge is -2.10. The fourth-order valence-corrected chi connectivity index (χ4v) is 1.76. The number of aromatic nitrogens is 1. The molecule has 1 aromatic heterocycles. The molecule has 4 nitrogen and oxygen atoms in total. The molecule has 0 aliphatic rings. The van der Waals surface area contributed by atoms with E-state index < -0.39 is 0 Å². The molecular weight excluding hydrogens is 190 g/mol. The molecule has 1 atom stereocenters. The molecule has 4 heteroatoms. The van der Waals surface area contributed by atoms with E-state index in [0.29, 0.717) is 0 Å². The van der Waals surface area contributed by atoms with Gasteiger partial charge in [-0.3, -0.25) is 4.79 Å². The first kappa shape index (κ1) is 9.73. The molecule has 2 rings (SSSR count). The molecule has 0 aliphatic heterocycles. The van der Waals surface area contributed by atoms with Gasteiger partial charge in [-0.25, -0.2) is 0 Å². The van der Waals surface area contributed by atoms with Crippen molar-refractivity contribution in [1.29, 1.82) is 0 Å². The highest BCUT2D eigenvalue weighted by atomic mass is 16.1. The van der Waals surface area contributed by atoms with E-state index in [1.165, 1.54) is 0 Å². The number of hydrogen-bond donors (Lipinski definition) is 3. The summed E-state index contributed by atoms with van der Waals surface area (Å²) in [6.45, 7) is 0. The minimum Gasteiger partial charge on any atom is -0.370 e. The van der Waals surface area contributed by atoms with Crippen LogP contribution in [0.2, 0.25) is 0 Å². The summed E-state index contributed by atoms with van der Waals surface area (Å²) in [5.74, 6) is -0.380. The SMILES string of the molecule is NC(=O)C[C@@H](N)c1cccc2[nH]ccc12. The number of carbonyl (C=O) groups excluding carboxylic acids is 1. The lowest BCUT2D eigenvalue weighted by molar-refractivity contribution is -0.118. The molecule has 5 N–H and O–H groups in total. The first-order valence-electron chi connectivity index (χ1n) is 4.78. The van der Waals surface area contributed by atoms with Crippen molar-refractivity contribution in [3.05, 3.63) is 36.0 Å². The van der Waals surface area contributed by atoms with Gasteiger partial charge in [-0.05, 0) is 17.7 Å². The van der Waals surface area contributed by atoms with Crippen LogP contribution in [-0.2, 0) is 4.79 Å². The number of aromatic amines is 1. The largest absolute Gasteiger partial charge is 0.370 e. The average Bonchev–Trinajstić information content (AvgIpc) is 2.63. The lowest BCUT2D eigenvalue weighted by Crippen LogP contribution is -2.20. The number of H-pyrrole nitrogens is 1. The average molecular weight is 203 g/mol. The van der Waals surface area contributed by atoms with Crippen LogP contribution in [0.15, 0.2) is 30.5 Å². The van der Waals surface area contributed by atoms with Crippen molar-refractivity contribution >= 4 is 16.8 Å². The molecule has 0 saturated heterocycles. The van der Waals surface area contributed by atoms with Crippen molar-refractivity contribution in [3.8, 4) is 0 Å². The molecule has 78 valence electrons. The normalized spacial score (nSPS) is 12.9. The van der Waals surface area contributed by atoms with E-state index in [1.54, 1.807) is 0 Å². The van der Waals surface area contributed by atoms with Crippen molar-refractivity contribution in [2.24, 2.45) is 11.5 Å². The van der Waals surface area contributed by atoms with Gasteiger partial charge in [0.2, 0.25) is 5.91 Å². The Morgan fingerprint density at radius 3 is 2.93 bits per heavy atom. The van der Waals surface area contributed by atoms with Gasteiger partial charge in [0.1, 0.15) is 0 Å². The van der Waals surface area contributed by atoms with Crippen LogP contribution in [0.1, 0.15) is 18.0 Å². The topological polar surface area (TPSA) is 84.9 Å². The van der Waals surface area contributed by atoms with Gasteiger partial charge in [0.25, 0.3) is 0 Å². The maximum absolute atomic E-state index is 10.8. The van der Waals surface area contributed by atoms with Crippen molar-refractivity contribution in [1.82, 2.24) is 4.98 Å². The Morgan fingerprint density at radius 1 is 1.40 bits per heavy atom. The third-order valence-corrected chi connectivity index (χ3v) is 2.45. The van der Waals surface area contributed by atoms with Gasteiger partial charge < -0.3 is 16.5 Å². The summed E-state index contributed by atoms with van der Waals surface area (Å²) in [5, 5.41) is 1.05. The van der Waals surface area contributed by atoms with Gasteiger partial charge in [-0.15, -0.1) is 0 Å². The lowest BCUT2D eigenvalue weighted by atomic mass is 10.0. The number of hydrogen-bond acceptors (Lipinski definition) is 2. The quantitative estimate of drug-likeness (QED) is 0.696. The molecule has 1 amide bonds. The highest BCUT2D eigenvalue weighted by Crippen LogP contribution is 2.23. The molecule has 0 spiro atoms. The minimum absolute atomic E-state index is 0.171. The number of primary amides is 1. The Labute approximate surface area is 87.3 Å². The van der Waals surface area contributed by atoms with Gasteiger partial charge >= 0.3 is 0 Å². The third kappa shape index (κ3) is 1.85. The zero-order chi connectivity index (χ0) is 10.8. The van der Waals surface area contributed by atoms with Gasteiger partial charge in [0, 0.05) is 29.6 Å².